The van der Waals surface area contributed by atoms with Crippen molar-refractivity contribution in [2.24, 2.45) is 5.10 Å². The molecule has 0 atom stereocenters. The molecule has 126 valence electrons. The topological polar surface area (TPSA) is 53.9 Å². The number of anilines is 1. The fourth-order valence-corrected chi connectivity index (χ4v) is 3.01. The van der Waals surface area contributed by atoms with Gasteiger partial charge in [-0.2, -0.15) is 0 Å². The molecule has 2 rings (SSSR count). The van der Waals surface area contributed by atoms with E-state index in [0.29, 0.717) is 18.5 Å². The molecule has 0 radical (unpaired) electrons. The van der Waals surface area contributed by atoms with Crippen molar-refractivity contribution in [1.82, 2.24) is 4.90 Å². The molecule has 0 unspecified atom stereocenters. The molecule has 0 aliphatic heterocycles. The van der Waals surface area contributed by atoms with Crippen LogP contribution in [0.15, 0.2) is 33.8 Å². The predicted molar refractivity (Wildman–Crippen MR) is 96.5 cm³/mol. The molecule has 1 saturated carbocycles. The lowest BCUT2D eigenvalue weighted by Gasteiger charge is -2.32. The highest BCUT2D eigenvalue weighted by Gasteiger charge is 2.26. The normalized spacial score (nSPS) is 16.0. The third kappa shape index (κ3) is 5.23. The molecule has 0 amide bonds. The minimum atomic E-state index is -0.384. The van der Waals surface area contributed by atoms with Gasteiger partial charge in [-0.1, -0.05) is 35.2 Å². The Morgan fingerprint density at radius 3 is 2.57 bits per heavy atom. The maximum Gasteiger partial charge on any atom is 0.375 e. The fraction of sp³-hybridized carbons (Fsp3) is 0.529. The first-order valence-corrected chi connectivity index (χ1v) is 8.90. The molecule has 1 N–H and O–H groups in total. The van der Waals surface area contributed by atoms with Crippen molar-refractivity contribution in [1.29, 1.82) is 0 Å². The Morgan fingerprint density at radius 1 is 1.30 bits per heavy atom. The number of ether oxygens (including phenoxy) is 1. The molecule has 0 saturated heterocycles. The van der Waals surface area contributed by atoms with E-state index in [4.69, 9.17) is 4.74 Å². The van der Waals surface area contributed by atoms with Crippen LogP contribution in [0.1, 0.15) is 39.0 Å². The number of nitrogens with zero attached hydrogens (tertiary/aromatic N) is 2. The monoisotopic (exact) mass is 381 g/mol. The fourth-order valence-electron chi connectivity index (χ4n) is 2.75. The summed E-state index contributed by atoms with van der Waals surface area (Å²) in [6.45, 7) is 2.15. The molecule has 0 heterocycles. The smallest absolute Gasteiger partial charge is 0.375 e. The van der Waals surface area contributed by atoms with E-state index in [1.165, 1.54) is 19.3 Å². The summed E-state index contributed by atoms with van der Waals surface area (Å²) in [4.78, 5) is 14.2. The molecule has 1 aromatic carbocycles. The summed E-state index contributed by atoms with van der Waals surface area (Å²) in [5, 5.41) is 4.32. The van der Waals surface area contributed by atoms with Crippen LogP contribution in [0.25, 0.3) is 0 Å². The number of benzene rings is 1. The molecule has 0 bridgehead atoms. The summed E-state index contributed by atoms with van der Waals surface area (Å²) < 4.78 is 6.16. The van der Waals surface area contributed by atoms with Crippen molar-refractivity contribution in [2.45, 2.75) is 45.1 Å². The highest BCUT2D eigenvalue weighted by atomic mass is 79.9. The van der Waals surface area contributed by atoms with Crippen LogP contribution >= 0.6 is 15.9 Å². The summed E-state index contributed by atoms with van der Waals surface area (Å²) >= 11 is 3.40. The number of rotatable bonds is 4. The summed E-state index contributed by atoms with van der Waals surface area (Å²) in [5.41, 5.74) is 3.78. The number of likely N-dealkylation sites (N-methyl/N-ethyl adjacent to an activating group) is 1. The maximum atomic E-state index is 12.3. The first-order chi connectivity index (χ1) is 11.1. The Morgan fingerprint density at radius 2 is 1.96 bits per heavy atom. The van der Waals surface area contributed by atoms with Crippen LogP contribution in [0, 0.1) is 0 Å². The van der Waals surface area contributed by atoms with Gasteiger partial charge in [0.05, 0.1) is 12.3 Å². The van der Waals surface area contributed by atoms with Crippen molar-refractivity contribution >= 4 is 33.4 Å². The number of carbonyl (C=O) groups is 1. The van der Waals surface area contributed by atoms with Gasteiger partial charge in [0, 0.05) is 17.6 Å². The predicted octanol–water partition coefficient (Wildman–Crippen LogP) is 4.00. The Balaban J connectivity index is 2.13. The number of halogens is 1. The van der Waals surface area contributed by atoms with E-state index in [1.807, 2.05) is 36.2 Å². The van der Waals surface area contributed by atoms with E-state index in [-0.39, 0.29) is 5.97 Å². The number of nitrogens with one attached hydrogen (secondary N) is 1. The number of hydrogen-bond donors (Lipinski definition) is 1. The van der Waals surface area contributed by atoms with Gasteiger partial charge in [0.2, 0.25) is 5.84 Å². The van der Waals surface area contributed by atoms with Gasteiger partial charge in [-0.3, -0.25) is 5.43 Å². The van der Waals surface area contributed by atoms with Crippen LogP contribution in [0.3, 0.4) is 0 Å². The van der Waals surface area contributed by atoms with E-state index < -0.39 is 0 Å². The van der Waals surface area contributed by atoms with Gasteiger partial charge in [-0.05, 0) is 44.0 Å². The zero-order chi connectivity index (χ0) is 16.7. The van der Waals surface area contributed by atoms with Gasteiger partial charge in [0.25, 0.3) is 0 Å². The van der Waals surface area contributed by atoms with Crippen LogP contribution in [-0.2, 0) is 9.53 Å². The van der Waals surface area contributed by atoms with Crippen molar-refractivity contribution in [3.8, 4) is 0 Å². The van der Waals surface area contributed by atoms with E-state index in [2.05, 4.69) is 26.5 Å². The first-order valence-electron chi connectivity index (χ1n) is 8.11. The van der Waals surface area contributed by atoms with Crippen molar-refractivity contribution in [2.75, 3.05) is 19.1 Å². The number of hydrazone groups is 1. The summed E-state index contributed by atoms with van der Waals surface area (Å²) in [7, 11) is 1.93. The SMILES string of the molecule is CCOC(=O)C(=NNc1ccc(Br)cc1)N(C)C1CCCCC1. The minimum Gasteiger partial charge on any atom is -0.460 e. The van der Waals surface area contributed by atoms with Crippen LogP contribution in [0.5, 0.6) is 0 Å². The summed E-state index contributed by atoms with van der Waals surface area (Å²) in [6.07, 6.45) is 5.85. The van der Waals surface area contributed by atoms with Gasteiger partial charge < -0.3 is 9.64 Å². The van der Waals surface area contributed by atoms with Crippen LogP contribution in [0.2, 0.25) is 0 Å². The maximum absolute atomic E-state index is 12.3. The third-order valence-electron chi connectivity index (χ3n) is 4.05. The molecule has 23 heavy (non-hydrogen) atoms. The van der Waals surface area contributed by atoms with E-state index >= 15 is 0 Å². The van der Waals surface area contributed by atoms with E-state index in [9.17, 15) is 4.79 Å². The van der Waals surface area contributed by atoms with Crippen LogP contribution < -0.4 is 5.43 Å². The Hall–Kier alpha value is -1.56. The Bertz CT molecular complexity index is 539. The number of carbonyl (C=O) groups excluding carboxylic acids is 1. The summed E-state index contributed by atoms with van der Waals surface area (Å²) in [6, 6.07) is 7.99. The molecule has 6 heteroatoms. The highest BCUT2D eigenvalue weighted by molar-refractivity contribution is 9.10. The molecule has 1 aromatic rings. The van der Waals surface area contributed by atoms with Crippen molar-refractivity contribution in [3.63, 3.8) is 0 Å². The first kappa shape index (κ1) is 17.8. The Kier molecular flexibility index (Phi) is 6.89. The van der Waals surface area contributed by atoms with Crippen molar-refractivity contribution in [3.05, 3.63) is 28.7 Å². The van der Waals surface area contributed by atoms with E-state index in [0.717, 1.165) is 23.0 Å². The van der Waals surface area contributed by atoms with Crippen LogP contribution in [-0.4, -0.2) is 36.4 Å². The molecule has 1 aliphatic carbocycles. The lowest BCUT2D eigenvalue weighted by atomic mass is 9.94. The van der Waals surface area contributed by atoms with Crippen LogP contribution in [0.4, 0.5) is 5.69 Å². The zero-order valence-electron chi connectivity index (χ0n) is 13.7. The highest BCUT2D eigenvalue weighted by Crippen LogP contribution is 2.22. The number of esters is 1. The number of hydrogen-bond acceptors (Lipinski definition) is 4. The second-order valence-electron chi connectivity index (χ2n) is 5.68. The second kappa shape index (κ2) is 8.91. The molecule has 5 nitrogen and oxygen atoms in total. The molecule has 0 spiro atoms. The standard InChI is InChI=1S/C17H24BrN3O2/c1-3-23-17(22)16(21(2)15-7-5-4-6-8-15)20-19-14-11-9-13(18)10-12-14/h9-12,15,19H,3-8H2,1-2H3. The molecule has 1 aliphatic rings. The zero-order valence-corrected chi connectivity index (χ0v) is 15.3. The summed E-state index contributed by atoms with van der Waals surface area (Å²) in [5.74, 6) is -0.0492. The third-order valence-corrected chi connectivity index (χ3v) is 4.58. The molecule has 1 fully saturated rings. The second-order valence-corrected chi connectivity index (χ2v) is 6.59. The number of amidine groups is 1. The largest absolute Gasteiger partial charge is 0.460 e. The lowest BCUT2D eigenvalue weighted by molar-refractivity contribution is -0.136. The average Bonchev–Trinajstić information content (AvgIpc) is 2.57. The average molecular weight is 382 g/mol. The van der Waals surface area contributed by atoms with Gasteiger partial charge in [-0.15, -0.1) is 5.10 Å². The molecular weight excluding hydrogens is 358 g/mol. The van der Waals surface area contributed by atoms with Gasteiger partial charge in [-0.25, -0.2) is 4.79 Å². The quantitative estimate of drug-likeness (QED) is 0.370. The van der Waals surface area contributed by atoms with E-state index in [1.54, 1.807) is 6.92 Å². The van der Waals surface area contributed by atoms with Gasteiger partial charge in [0.1, 0.15) is 0 Å². The molecule has 0 aromatic heterocycles. The lowest BCUT2D eigenvalue weighted by Crippen LogP contribution is -2.43. The molecular formula is C17H24BrN3O2. The van der Waals surface area contributed by atoms with Gasteiger partial charge in [0.15, 0.2) is 0 Å². The minimum absolute atomic E-state index is 0.335. The Labute approximate surface area is 146 Å². The van der Waals surface area contributed by atoms with Gasteiger partial charge >= 0.3 is 5.97 Å². The van der Waals surface area contributed by atoms with Crippen molar-refractivity contribution < 1.29 is 9.53 Å².